The predicted octanol–water partition coefficient (Wildman–Crippen LogP) is 0.918. The van der Waals surface area contributed by atoms with Crippen LogP contribution in [0.2, 0.25) is 0 Å². The zero-order valence-electron chi connectivity index (χ0n) is 8.26. The largest absolute Gasteiger partial charge is 0.315 e. The number of hydrogen-bond acceptors (Lipinski definition) is 4. The molecule has 0 aromatic carbocycles. The summed E-state index contributed by atoms with van der Waals surface area (Å²) < 4.78 is 0. The fourth-order valence-corrected chi connectivity index (χ4v) is 2.03. The van der Waals surface area contributed by atoms with Crippen molar-refractivity contribution in [2.24, 2.45) is 5.92 Å². The van der Waals surface area contributed by atoms with Gasteiger partial charge in [-0.25, -0.2) is 4.98 Å². The third-order valence-electron chi connectivity index (χ3n) is 2.41. The van der Waals surface area contributed by atoms with E-state index in [1.54, 1.807) is 0 Å². The van der Waals surface area contributed by atoms with Crippen LogP contribution in [0.4, 0.5) is 5.13 Å². The lowest BCUT2D eigenvalue weighted by Gasteiger charge is -2.25. The normalized spacial score (nSPS) is 16.4. The number of aromatic nitrogens is 1. The molecule has 0 saturated carbocycles. The van der Waals surface area contributed by atoms with Gasteiger partial charge in [0.15, 0.2) is 5.13 Å². The summed E-state index contributed by atoms with van der Waals surface area (Å²) >= 11 is 1.53. The van der Waals surface area contributed by atoms with Gasteiger partial charge in [0.25, 0.3) is 0 Å². The maximum absolute atomic E-state index is 11.5. The molecule has 5 heteroatoms. The number of carbonyl (C=O) groups excluding carboxylic acids is 1. The lowest BCUT2D eigenvalue weighted by Crippen LogP contribution is -2.48. The van der Waals surface area contributed by atoms with E-state index in [0.717, 1.165) is 28.8 Å². The molecule has 2 N–H and O–H groups in total. The molecule has 1 aromatic heterocycles. The van der Waals surface area contributed by atoms with Gasteiger partial charge in [-0.15, -0.1) is 11.3 Å². The average molecular weight is 211 g/mol. The van der Waals surface area contributed by atoms with Crippen molar-refractivity contribution in [1.82, 2.24) is 10.3 Å². The summed E-state index contributed by atoms with van der Waals surface area (Å²) in [5.41, 5.74) is 0.997. The van der Waals surface area contributed by atoms with E-state index in [1.165, 1.54) is 11.3 Å². The highest BCUT2D eigenvalue weighted by Gasteiger charge is 2.25. The van der Waals surface area contributed by atoms with Gasteiger partial charge in [-0.05, 0) is 13.8 Å². The van der Waals surface area contributed by atoms with Crippen molar-refractivity contribution in [2.75, 3.05) is 18.4 Å². The number of nitrogens with zero attached hydrogens (tertiary/aromatic N) is 1. The molecule has 0 aliphatic carbocycles. The van der Waals surface area contributed by atoms with Crippen LogP contribution in [0.3, 0.4) is 0 Å². The first-order chi connectivity index (χ1) is 6.66. The number of anilines is 1. The van der Waals surface area contributed by atoms with E-state index in [2.05, 4.69) is 15.6 Å². The van der Waals surface area contributed by atoms with Crippen LogP contribution in [0, 0.1) is 19.8 Å². The van der Waals surface area contributed by atoms with Gasteiger partial charge in [0.05, 0.1) is 11.6 Å². The van der Waals surface area contributed by atoms with Crippen molar-refractivity contribution in [3.63, 3.8) is 0 Å². The Morgan fingerprint density at radius 3 is 2.71 bits per heavy atom. The molecule has 2 heterocycles. The van der Waals surface area contributed by atoms with E-state index in [9.17, 15) is 4.79 Å². The van der Waals surface area contributed by atoms with Crippen LogP contribution in [-0.2, 0) is 4.79 Å². The summed E-state index contributed by atoms with van der Waals surface area (Å²) in [6, 6.07) is 0. The lowest BCUT2D eigenvalue weighted by atomic mass is 10.0. The molecule has 4 nitrogen and oxygen atoms in total. The van der Waals surface area contributed by atoms with E-state index in [0.29, 0.717) is 0 Å². The maximum Gasteiger partial charge on any atom is 0.231 e. The quantitative estimate of drug-likeness (QED) is 0.764. The Morgan fingerprint density at radius 1 is 1.57 bits per heavy atom. The topological polar surface area (TPSA) is 54.0 Å². The Labute approximate surface area is 86.7 Å². The summed E-state index contributed by atoms with van der Waals surface area (Å²) in [7, 11) is 0. The molecule has 1 saturated heterocycles. The van der Waals surface area contributed by atoms with Crippen molar-refractivity contribution in [1.29, 1.82) is 0 Å². The molecule has 14 heavy (non-hydrogen) atoms. The molecule has 0 bridgehead atoms. The standard InChI is InChI=1S/C9H13N3OS/c1-5-6(2)14-9(11-5)12-8(13)7-3-10-4-7/h7,10H,3-4H2,1-2H3,(H,11,12,13). The van der Waals surface area contributed by atoms with Crippen LogP contribution in [0.5, 0.6) is 0 Å². The molecule has 1 aliphatic rings. The summed E-state index contributed by atoms with van der Waals surface area (Å²) in [6.07, 6.45) is 0. The fraction of sp³-hybridized carbons (Fsp3) is 0.556. The molecule has 0 radical (unpaired) electrons. The molecule has 0 unspecified atom stereocenters. The number of thiazole rings is 1. The van der Waals surface area contributed by atoms with Gasteiger partial charge in [0, 0.05) is 18.0 Å². The summed E-state index contributed by atoms with van der Waals surface area (Å²) in [6.45, 7) is 5.53. The van der Waals surface area contributed by atoms with E-state index >= 15 is 0 Å². The highest BCUT2D eigenvalue weighted by molar-refractivity contribution is 7.15. The second kappa shape index (κ2) is 3.67. The van der Waals surface area contributed by atoms with Gasteiger partial charge in [0.1, 0.15) is 0 Å². The van der Waals surface area contributed by atoms with Crippen LogP contribution in [0.1, 0.15) is 10.6 Å². The average Bonchev–Trinajstić information content (AvgIpc) is 2.26. The fourth-order valence-electron chi connectivity index (χ4n) is 1.21. The minimum absolute atomic E-state index is 0.0810. The Balaban J connectivity index is 1.99. The molecule has 1 aliphatic heterocycles. The minimum Gasteiger partial charge on any atom is -0.315 e. The molecule has 0 spiro atoms. The van der Waals surface area contributed by atoms with Crippen LogP contribution in [0.25, 0.3) is 0 Å². The Bertz CT molecular complexity index is 337. The number of aryl methyl sites for hydroxylation is 2. The number of amides is 1. The number of carbonyl (C=O) groups is 1. The number of rotatable bonds is 2. The lowest BCUT2D eigenvalue weighted by molar-refractivity contribution is -0.121. The van der Waals surface area contributed by atoms with Crippen molar-refractivity contribution in [3.8, 4) is 0 Å². The molecular weight excluding hydrogens is 198 g/mol. The van der Waals surface area contributed by atoms with Crippen LogP contribution in [0.15, 0.2) is 0 Å². The molecule has 2 rings (SSSR count). The Morgan fingerprint density at radius 2 is 2.29 bits per heavy atom. The first-order valence-corrected chi connectivity index (χ1v) is 5.44. The minimum atomic E-state index is 0.0810. The van der Waals surface area contributed by atoms with Crippen molar-refractivity contribution in [2.45, 2.75) is 13.8 Å². The van der Waals surface area contributed by atoms with Crippen LogP contribution >= 0.6 is 11.3 Å². The van der Waals surface area contributed by atoms with Crippen molar-refractivity contribution >= 4 is 22.4 Å². The molecular formula is C9H13N3OS. The molecule has 76 valence electrons. The zero-order chi connectivity index (χ0) is 10.1. The van der Waals surface area contributed by atoms with E-state index in [1.807, 2.05) is 13.8 Å². The van der Waals surface area contributed by atoms with Gasteiger partial charge in [-0.3, -0.25) is 4.79 Å². The Kier molecular flexibility index (Phi) is 2.52. The molecule has 1 amide bonds. The molecule has 1 fully saturated rings. The van der Waals surface area contributed by atoms with Crippen molar-refractivity contribution < 1.29 is 4.79 Å². The summed E-state index contributed by atoms with van der Waals surface area (Å²) in [4.78, 5) is 16.9. The first-order valence-electron chi connectivity index (χ1n) is 4.62. The summed E-state index contributed by atoms with van der Waals surface area (Å²) in [5.74, 6) is 0.206. The second-order valence-corrected chi connectivity index (χ2v) is 4.71. The Hall–Kier alpha value is -0.940. The van der Waals surface area contributed by atoms with E-state index < -0.39 is 0 Å². The second-order valence-electron chi connectivity index (χ2n) is 3.51. The molecule has 0 atom stereocenters. The highest BCUT2D eigenvalue weighted by Crippen LogP contribution is 2.21. The summed E-state index contributed by atoms with van der Waals surface area (Å²) in [5, 5.41) is 6.62. The molecule has 1 aromatic rings. The van der Waals surface area contributed by atoms with Crippen molar-refractivity contribution in [3.05, 3.63) is 10.6 Å². The van der Waals surface area contributed by atoms with Gasteiger partial charge in [-0.1, -0.05) is 0 Å². The maximum atomic E-state index is 11.5. The monoisotopic (exact) mass is 211 g/mol. The van der Waals surface area contributed by atoms with Gasteiger partial charge >= 0.3 is 0 Å². The third-order valence-corrected chi connectivity index (χ3v) is 3.40. The number of nitrogens with one attached hydrogen (secondary N) is 2. The highest BCUT2D eigenvalue weighted by atomic mass is 32.1. The SMILES string of the molecule is Cc1nc(NC(=O)C2CNC2)sc1C. The van der Waals surface area contributed by atoms with Crippen LogP contribution < -0.4 is 10.6 Å². The third kappa shape index (κ3) is 1.78. The van der Waals surface area contributed by atoms with Gasteiger partial charge in [0.2, 0.25) is 5.91 Å². The van der Waals surface area contributed by atoms with Gasteiger partial charge < -0.3 is 10.6 Å². The number of hydrogen-bond donors (Lipinski definition) is 2. The van der Waals surface area contributed by atoms with Gasteiger partial charge in [-0.2, -0.15) is 0 Å². The van der Waals surface area contributed by atoms with E-state index in [4.69, 9.17) is 0 Å². The van der Waals surface area contributed by atoms with E-state index in [-0.39, 0.29) is 11.8 Å². The first kappa shape index (κ1) is 9.61. The predicted molar refractivity (Wildman–Crippen MR) is 56.6 cm³/mol. The smallest absolute Gasteiger partial charge is 0.231 e. The zero-order valence-corrected chi connectivity index (χ0v) is 9.07. The van der Waals surface area contributed by atoms with Crippen LogP contribution in [-0.4, -0.2) is 24.0 Å².